The molecule has 1 rings (SSSR count). The highest BCUT2D eigenvalue weighted by molar-refractivity contribution is 5.13. The molecule has 0 saturated heterocycles. The lowest BCUT2D eigenvalue weighted by Crippen LogP contribution is -2.39. The van der Waals surface area contributed by atoms with Gasteiger partial charge in [0.2, 0.25) is 0 Å². The number of hydrogen-bond acceptors (Lipinski definition) is 3. The van der Waals surface area contributed by atoms with Crippen molar-refractivity contribution in [1.82, 2.24) is 4.90 Å². The molecule has 1 unspecified atom stereocenters. The molecule has 3 nitrogen and oxygen atoms in total. The van der Waals surface area contributed by atoms with Gasteiger partial charge in [-0.3, -0.25) is 4.90 Å². The van der Waals surface area contributed by atoms with Crippen molar-refractivity contribution >= 4 is 0 Å². The maximum atomic E-state index is 9.91. The second kappa shape index (κ2) is 8.25. The first kappa shape index (κ1) is 15.2. The van der Waals surface area contributed by atoms with E-state index in [4.69, 9.17) is 4.74 Å². The standard InChI is InChI=1S/C15H25NO2/c1-4-16(13(2)3)10-15(17)12-18-11-14-8-6-5-7-9-14/h5-9,13,15,17H,4,10-12H2,1-3H3. The zero-order chi connectivity index (χ0) is 13.4. The Hall–Kier alpha value is -0.900. The molecule has 1 aromatic rings. The fourth-order valence-electron chi connectivity index (χ4n) is 1.92. The molecule has 0 aliphatic carbocycles. The Kier molecular flexibility index (Phi) is 6.94. The fourth-order valence-corrected chi connectivity index (χ4v) is 1.92. The number of likely N-dealkylation sites (N-methyl/N-ethyl adjacent to an activating group) is 1. The topological polar surface area (TPSA) is 32.7 Å². The lowest BCUT2D eigenvalue weighted by molar-refractivity contribution is 0.00586. The van der Waals surface area contributed by atoms with Crippen molar-refractivity contribution in [2.75, 3.05) is 19.7 Å². The van der Waals surface area contributed by atoms with Crippen molar-refractivity contribution < 1.29 is 9.84 Å². The highest BCUT2D eigenvalue weighted by atomic mass is 16.5. The molecular weight excluding hydrogens is 226 g/mol. The molecule has 0 bridgehead atoms. The Bertz CT molecular complexity index is 314. The van der Waals surface area contributed by atoms with E-state index in [-0.39, 0.29) is 0 Å². The van der Waals surface area contributed by atoms with Gasteiger partial charge >= 0.3 is 0 Å². The molecule has 0 saturated carbocycles. The predicted molar refractivity (Wildman–Crippen MR) is 74.5 cm³/mol. The molecule has 0 aromatic heterocycles. The third kappa shape index (κ3) is 5.63. The number of benzene rings is 1. The van der Waals surface area contributed by atoms with Crippen LogP contribution in [0, 0.1) is 0 Å². The monoisotopic (exact) mass is 251 g/mol. The van der Waals surface area contributed by atoms with Crippen LogP contribution >= 0.6 is 0 Å². The molecule has 0 aliphatic heterocycles. The molecule has 18 heavy (non-hydrogen) atoms. The summed E-state index contributed by atoms with van der Waals surface area (Å²) in [6.45, 7) is 8.96. The van der Waals surface area contributed by atoms with Crippen LogP contribution in [0.25, 0.3) is 0 Å². The van der Waals surface area contributed by atoms with Gasteiger partial charge in [0.1, 0.15) is 0 Å². The van der Waals surface area contributed by atoms with E-state index in [1.807, 2.05) is 30.3 Å². The minimum atomic E-state index is -0.420. The van der Waals surface area contributed by atoms with E-state index in [2.05, 4.69) is 25.7 Å². The van der Waals surface area contributed by atoms with Crippen LogP contribution in [0.15, 0.2) is 30.3 Å². The SMILES string of the molecule is CCN(CC(O)COCc1ccccc1)C(C)C. The van der Waals surface area contributed by atoms with E-state index >= 15 is 0 Å². The molecule has 1 atom stereocenters. The van der Waals surface area contributed by atoms with Crippen LogP contribution in [0.3, 0.4) is 0 Å². The van der Waals surface area contributed by atoms with Gasteiger partial charge in [-0.05, 0) is 26.0 Å². The summed E-state index contributed by atoms with van der Waals surface area (Å²) in [4.78, 5) is 2.23. The number of hydrogen-bond donors (Lipinski definition) is 1. The first-order chi connectivity index (χ1) is 8.63. The second-order valence-corrected chi connectivity index (χ2v) is 4.84. The second-order valence-electron chi connectivity index (χ2n) is 4.84. The summed E-state index contributed by atoms with van der Waals surface area (Å²) in [7, 11) is 0. The first-order valence-corrected chi connectivity index (χ1v) is 6.67. The molecule has 3 heteroatoms. The maximum Gasteiger partial charge on any atom is 0.0900 e. The van der Waals surface area contributed by atoms with E-state index in [0.717, 1.165) is 12.1 Å². The summed E-state index contributed by atoms with van der Waals surface area (Å²) in [5.41, 5.74) is 1.14. The summed E-state index contributed by atoms with van der Waals surface area (Å²) < 4.78 is 5.53. The third-order valence-corrected chi connectivity index (χ3v) is 3.00. The normalized spacial score (nSPS) is 13.2. The highest BCUT2D eigenvalue weighted by Gasteiger charge is 2.12. The molecule has 0 aliphatic rings. The lowest BCUT2D eigenvalue weighted by Gasteiger charge is -2.27. The fraction of sp³-hybridized carbons (Fsp3) is 0.600. The Morgan fingerprint density at radius 3 is 2.44 bits per heavy atom. The van der Waals surface area contributed by atoms with Crippen LogP contribution in [0.1, 0.15) is 26.3 Å². The van der Waals surface area contributed by atoms with Gasteiger partial charge in [-0.15, -0.1) is 0 Å². The van der Waals surface area contributed by atoms with Gasteiger partial charge in [-0.1, -0.05) is 37.3 Å². The maximum absolute atomic E-state index is 9.91. The van der Waals surface area contributed by atoms with Gasteiger partial charge < -0.3 is 9.84 Å². The Labute approximate surface area is 110 Å². The van der Waals surface area contributed by atoms with Crippen molar-refractivity contribution in [1.29, 1.82) is 0 Å². The van der Waals surface area contributed by atoms with Crippen molar-refractivity contribution in [2.45, 2.75) is 39.5 Å². The van der Waals surface area contributed by atoms with Gasteiger partial charge in [-0.25, -0.2) is 0 Å². The van der Waals surface area contributed by atoms with Crippen LogP contribution in [-0.2, 0) is 11.3 Å². The quantitative estimate of drug-likeness (QED) is 0.769. The van der Waals surface area contributed by atoms with Crippen LogP contribution in [0.2, 0.25) is 0 Å². The Morgan fingerprint density at radius 1 is 1.22 bits per heavy atom. The molecule has 0 heterocycles. The number of aliphatic hydroxyl groups excluding tert-OH is 1. The van der Waals surface area contributed by atoms with Gasteiger partial charge in [0.15, 0.2) is 0 Å². The van der Waals surface area contributed by atoms with E-state index in [0.29, 0.717) is 25.8 Å². The van der Waals surface area contributed by atoms with Crippen molar-refractivity contribution in [3.05, 3.63) is 35.9 Å². The number of aliphatic hydroxyl groups is 1. The number of nitrogens with zero attached hydrogens (tertiary/aromatic N) is 1. The minimum absolute atomic E-state index is 0.387. The molecule has 0 spiro atoms. The Morgan fingerprint density at radius 2 is 1.89 bits per heavy atom. The largest absolute Gasteiger partial charge is 0.389 e. The highest BCUT2D eigenvalue weighted by Crippen LogP contribution is 2.03. The average molecular weight is 251 g/mol. The molecule has 0 radical (unpaired) electrons. The predicted octanol–water partition coefficient (Wildman–Crippen LogP) is 2.29. The van der Waals surface area contributed by atoms with Gasteiger partial charge in [-0.2, -0.15) is 0 Å². The Balaban J connectivity index is 2.23. The summed E-state index contributed by atoms with van der Waals surface area (Å²) in [6, 6.07) is 10.5. The number of ether oxygens (including phenoxy) is 1. The van der Waals surface area contributed by atoms with Crippen molar-refractivity contribution in [3.8, 4) is 0 Å². The van der Waals surface area contributed by atoms with Gasteiger partial charge in [0.25, 0.3) is 0 Å². The molecule has 1 aromatic carbocycles. The van der Waals surface area contributed by atoms with E-state index in [1.165, 1.54) is 0 Å². The molecule has 102 valence electrons. The molecule has 0 amide bonds. The lowest BCUT2D eigenvalue weighted by atomic mass is 10.2. The molecule has 1 N–H and O–H groups in total. The summed E-state index contributed by atoms with van der Waals surface area (Å²) in [5, 5.41) is 9.91. The van der Waals surface area contributed by atoms with E-state index in [1.54, 1.807) is 0 Å². The smallest absolute Gasteiger partial charge is 0.0900 e. The number of rotatable bonds is 8. The van der Waals surface area contributed by atoms with Crippen molar-refractivity contribution in [2.24, 2.45) is 0 Å². The average Bonchev–Trinajstić information content (AvgIpc) is 2.37. The van der Waals surface area contributed by atoms with Gasteiger partial charge in [0, 0.05) is 12.6 Å². The van der Waals surface area contributed by atoms with Crippen LogP contribution in [0.5, 0.6) is 0 Å². The van der Waals surface area contributed by atoms with Crippen LogP contribution < -0.4 is 0 Å². The molecule has 0 fully saturated rings. The summed E-state index contributed by atoms with van der Waals surface area (Å²) in [6.07, 6.45) is -0.420. The van der Waals surface area contributed by atoms with Crippen molar-refractivity contribution in [3.63, 3.8) is 0 Å². The van der Waals surface area contributed by atoms with E-state index < -0.39 is 6.10 Å². The summed E-state index contributed by atoms with van der Waals surface area (Å²) in [5.74, 6) is 0. The van der Waals surface area contributed by atoms with E-state index in [9.17, 15) is 5.11 Å². The third-order valence-electron chi connectivity index (χ3n) is 3.00. The first-order valence-electron chi connectivity index (χ1n) is 6.67. The zero-order valence-electron chi connectivity index (χ0n) is 11.7. The van der Waals surface area contributed by atoms with Gasteiger partial charge in [0.05, 0.1) is 19.3 Å². The summed E-state index contributed by atoms with van der Waals surface area (Å²) >= 11 is 0. The van der Waals surface area contributed by atoms with Crippen LogP contribution in [0.4, 0.5) is 0 Å². The van der Waals surface area contributed by atoms with Crippen LogP contribution in [-0.4, -0.2) is 41.8 Å². The molecular formula is C15H25NO2. The minimum Gasteiger partial charge on any atom is -0.389 e. The zero-order valence-corrected chi connectivity index (χ0v) is 11.7.